The number of aromatic amines is 1. The maximum atomic E-state index is 12.2. The van der Waals surface area contributed by atoms with Crippen molar-refractivity contribution in [3.63, 3.8) is 0 Å². The molecule has 0 bridgehead atoms. The van der Waals surface area contributed by atoms with Crippen LogP contribution in [0, 0.1) is 13.8 Å². The second kappa shape index (κ2) is 5.53. The van der Waals surface area contributed by atoms with E-state index in [0.29, 0.717) is 11.3 Å². The van der Waals surface area contributed by atoms with Gasteiger partial charge in [-0.3, -0.25) is 14.6 Å². The highest BCUT2D eigenvalue weighted by Gasteiger charge is 2.17. The van der Waals surface area contributed by atoms with Crippen LogP contribution in [0.2, 0.25) is 0 Å². The molecule has 8 heteroatoms. The molecule has 0 aliphatic carbocycles. The van der Waals surface area contributed by atoms with Crippen molar-refractivity contribution in [1.29, 1.82) is 0 Å². The van der Waals surface area contributed by atoms with E-state index in [0.717, 1.165) is 6.20 Å². The summed E-state index contributed by atoms with van der Waals surface area (Å²) >= 11 is 0. The first-order valence-corrected chi connectivity index (χ1v) is 5.95. The van der Waals surface area contributed by atoms with Crippen LogP contribution in [-0.4, -0.2) is 32.2 Å². The summed E-state index contributed by atoms with van der Waals surface area (Å²) in [5, 5.41) is 17.3. The summed E-state index contributed by atoms with van der Waals surface area (Å²) in [5.74, 6) is -1.81. The van der Waals surface area contributed by atoms with Crippen molar-refractivity contribution < 1.29 is 14.7 Å². The lowest BCUT2D eigenvalue weighted by atomic mass is 10.1. The van der Waals surface area contributed by atoms with Crippen molar-refractivity contribution in [1.82, 2.24) is 15.2 Å². The van der Waals surface area contributed by atoms with Gasteiger partial charge in [0.15, 0.2) is 0 Å². The van der Waals surface area contributed by atoms with Gasteiger partial charge < -0.3 is 10.4 Å². The molecule has 0 spiro atoms. The summed E-state index contributed by atoms with van der Waals surface area (Å²) in [6.45, 7) is 3.27. The Hall–Kier alpha value is -3.03. The quantitative estimate of drug-likeness (QED) is 0.764. The van der Waals surface area contributed by atoms with E-state index in [1.54, 1.807) is 13.8 Å². The molecule has 1 amide bonds. The highest BCUT2D eigenvalue weighted by molar-refractivity contribution is 6.05. The van der Waals surface area contributed by atoms with E-state index in [1.807, 2.05) is 0 Å². The van der Waals surface area contributed by atoms with Crippen LogP contribution >= 0.6 is 0 Å². The largest absolute Gasteiger partial charge is 0.478 e. The molecular formula is C13H12N4O4. The molecular weight excluding hydrogens is 276 g/mol. The number of aromatic carboxylic acids is 1. The molecule has 0 aliphatic rings. The average molecular weight is 288 g/mol. The van der Waals surface area contributed by atoms with Crippen LogP contribution in [0.4, 0.5) is 5.69 Å². The van der Waals surface area contributed by atoms with E-state index in [2.05, 4.69) is 20.5 Å². The molecule has 108 valence electrons. The maximum absolute atomic E-state index is 12.2. The third kappa shape index (κ3) is 2.94. The fourth-order valence-electron chi connectivity index (χ4n) is 1.72. The first kappa shape index (κ1) is 14.4. The molecule has 2 rings (SSSR count). The number of hydrogen-bond acceptors (Lipinski definition) is 5. The normalized spacial score (nSPS) is 10.2. The molecule has 21 heavy (non-hydrogen) atoms. The summed E-state index contributed by atoms with van der Waals surface area (Å²) < 4.78 is 0. The fourth-order valence-corrected chi connectivity index (χ4v) is 1.72. The van der Waals surface area contributed by atoms with Gasteiger partial charge >= 0.3 is 5.97 Å². The number of aromatic nitrogens is 3. The van der Waals surface area contributed by atoms with Gasteiger partial charge in [-0.2, -0.15) is 5.10 Å². The lowest BCUT2D eigenvalue weighted by molar-refractivity contribution is 0.0696. The molecule has 0 fully saturated rings. The number of nitrogens with one attached hydrogen (secondary N) is 2. The Labute approximate surface area is 118 Å². The highest BCUT2D eigenvalue weighted by Crippen LogP contribution is 2.11. The third-order valence-electron chi connectivity index (χ3n) is 2.94. The molecule has 0 saturated heterocycles. The third-order valence-corrected chi connectivity index (χ3v) is 2.94. The molecule has 0 saturated carbocycles. The van der Waals surface area contributed by atoms with Gasteiger partial charge in [-0.15, -0.1) is 0 Å². The minimum absolute atomic E-state index is 0.0654. The molecule has 3 N–H and O–H groups in total. The number of pyridine rings is 1. The van der Waals surface area contributed by atoms with Crippen molar-refractivity contribution >= 4 is 17.6 Å². The lowest BCUT2D eigenvalue weighted by Crippen LogP contribution is -2.26. The van der Waals surface area contributed by atoms with E-state index >= 15 is 0 Å². The monoisotopic (exact) mass is 288 g/mol. The van der Waals surface area contributed by atoms with Gasteiger partial charge in [0.1, 0.15) is 5.56 Å². The molecule has 2 heterocycles. The Balaban J connectivity index is 2.35. The number of carboxylic acids is 1. The van der Waals surface area contributed by atoms with Crippen LogP contribution in [-0.2, 0) is 0 Å². The number of anilines is 1. The van der Waals surface area contributed by atoms with Crippen LogP contribution in [0.15, 0.2) is 23.3 Å². The van der Waals surface area contributed by atoms with E-state index in [9.17, 15) is 14.4 Å². The summed E-state index contributed by atoms with van der Waals surface area (Å²) in [7, 11) is 0. The summed E-state index contributed by atoms with van der Waals surface area (Å²) in [6, 6.07) is 1.25. The summed E-state index contributed by atoms with van der Waals surface area (Å²) in [4.78, 5) is 38.4. The van der Waals surface area contributed by atoms with Crippen molar-refractivity contribution in [2.24, 2.45) is 0 Å². The van der Waals surface area contributed by atoms with E-state index in [1.165, 1.54) is 12.3 Å². The Morgan fingerprint density at radius 1 is 1.29 bits per heavy atom. The second-order valence-electron chi connectivity index (χ2n) is 4.36. The summed E-state index contributed by atoms with van der Waals surface area (Å²) in [5.41, 5.74) is 0.425. The average Bonchev–Trinajstić information content (AvgIpc) is 2.43. The zero-order chi connectivity index (χ0) is 15.6. The van der Waals surface area contributed by atoms with Crippen LogP contribution < -0.4 is 10.9 Å². The number of aryl methyl sites for hydroxylation is 1. The van der Waals surface area contributed by atoms with Gasteiger partial charge in [0.2, 0.25) is 0 Å². The van der Waals surface area contributed by atoms with Crippen LogP contribution in [0.5, 0.6) is 0 Å². The minimum atomic E-state index is -1.16. The Bertz CT molecular complexity index is 782. The van der Waals surface area contributed by atoms with E-state index in [4.69, 9.17) is 5.11 Å². The number of carbonyl (C=O) groups excluding carboxylic acids is 1. The fraction of sp³-hybridized carbons (Fsp3) is 0.154. The molecule has 0 aliphatic heterocycles. The van der Waals surface area contributed by atoms with Gasteiger partial charge in [0, 0.05) is 6.20 Å². The molecule has 2 aromatic rings. The predicted molar refractivity (Wildman–Crippen MR) is 73.5 cm³/mol. The number of nitrogens with zero attached hydrogens (tertiary/aromatic N) is 2. The minimum Gasteiger partial charge on any atom is -0.478 e. The second-order valence-corrected chi connectivity index (χ2v) is 4.36. The van der Waals surface area contributed by atoms with E-state index in [-0.39, 0.29) is 16.8 Å². The molecule has 0 radical (unpaired) electrons. The number of rotatable bonds is 3. The standard InChI is InChI=1S/C13H12N4O4/c1-6-7(2)16-17-12(19)10(6)11(18)15-9-3-8(13(20)21)4-14-5-9/h3-5H,1-2H3,(H,15,18)(H,17,19)(H,20,21). The molecule has 8 nitrogen and oxygen atoms in total. The molecule has 0 unspecified atom stereocenters. The van der Waals surface area contributed by atoms with Crippen molar-refractivity contribution in [3.05, 3.63) is 51.2 Å². The number of H-pyrrole nitrogens is 1. The first-order chi connectivity index (χ1) is 9.90. The first-order valence-electron chi connectivity index (χ1n) is 5.95. The van der Waals surface area contributed by atoms with Gasteiger partial charge in [0.05, 0.1) is 23.1 Å². The van der Waals surface area contributed by atoms with Crippen LogP contribution in [0.1, 0.15) is 32.0 Å². The summed E-state index contributed by atoms with van der Waals surface area (Å²) in [6.07, 6.45) is 2.45. The highest BCUT2D eigenvalue weighted by atomic mass is 16.4. The molecule has 0 atom stereocenters. The molecule has 0 aromatic carbocycles. The van der Waals surface area contributed by atoms with Crippen molar-refractivity contribution in [3.8, 4) is 0 Å². The smallest absolute Gasteiger partial charge is 0.337 e. The van der Waals surface area contributed by atoms with Crippen molar-refractivity contribution in [2.75, 3.05) is 5.32 Å². The maximum Gasteiger partial charge on any atom is 0.337 e. The van der Waals surface area contributed by atoms with Crippen molar-refractivity contribution in [2.45, 2.75) is 13.8 Å². The van der Waals surface area contributed by atoms with Gasteiger partial charge in [0.25, 0.3) is 11.5 Å². The van der Waals surface area contributed by atoms with Gasteiger partial charge in [-0.25, -0.2) is 9.89 Å². The predicted octanol–water partition coefficient (Wildman–Crippen LogP) is 0.732. The topological polar surface area (TPSA) is 125 Å². The number of carbonyl (C=O) groups is 2. The molecule has 2 aromatic heterocycles. The number of carboxylic acid groups (broad SMARTS) is 1. The zero-order valence-electron chi connectivity index (χ0n) is 11.3. The SMILES string of the molecule is Cc1n[nH]c(=O)c(C(=O)Nc2cncc(C(=O)O)c2)c1C. The van der Waals surface area contributed by atoms with Crippen LogP contribution in [0.25, 0.3) is 0 Å². The Morgan fingerprint density at radius 2 is 2.00 bits per heavy atom. The zero-order valence-corrected chi connectivity index (χ0v) is 11.3. The van der Waals surface area contributed by atoms with Gasteiger partial charge in [-0.1, -0.05) is 0 Å². The lowest BCUT2D eigenvalue weighted by Gasteiger charge is -2.08. The van der Waals surface area contributed by atoms with Crippen LogP contribution in [0.3, 0.4) is 0 Å². The Morgan fingerprint density at radius 3 is 2.67 bits per heavy atom. The van der Waals surface area contributed by atoms with E-state index < -0.39 is 17.4 Å². The number of hydrogen-bond donors (Lipinski definition) is 3. The Kier molecular flexibility index (Phi) is 3.79. The van der Waals surface area contributed by atoms with Gasteiger partial charge in [-0.05, 0) is 25.5 Å². The number of amides is 1.